The first-order valence-electron chi connectivity index (χ1n) is 6.76. The van der Waals surface area contributed by atoms with Crippen LogP contribution in [0.1, 0.15) is 25.3 Å². The van der Waals surface area contributed by atoms with E-state index < -0.39 is 24.0 Å². The largest absolute Gasteiger partial charge is 0.479 e. The molecule has 0 saturated carbocycles. The molecule has 132 valence electrons. The first-order valence-corrected chi connectivity index (χ1v) is 7.95. The number of hydrogen-bond acceptors (Lipinski definition) is 6. The van der Waals surface area contributed by atoms with E-state index in [1.165, 1.54) is 0 Å². The second-order valence-electron chi connectivity index (χ2n) is 4.70. The molecule has 0 fully saturated rings. The Morgan fingerprint density at radius 1 is 1.42 bits per heavy atom. The predicted molar refractivity (Wildman–Crippen MR) is 88.2 cm³/mol. The van der Waals surface area contributed by atoms with E-state index in [9.17, 15) is 13.6 Å². The number of carbonyl (C=O) groups is 1. The summed E-state index contributed by atoms with van der Waals surface area (Å²) in [6.45, 7) is 3.58. The number of nitrogens with one attached hydrogen (secondary N) is 1. The van der Waals surface area contributed by atoms with Crippen molar-refractivity contribution < 1.29 is 23.4 Å². The van der Waals surface area contributed by atoms with Crippen molar-refractivity contribution in [3.63, 3.8) is 0 Å². The maximum Gasteiger partial charge on any atom is 0.341 e. The van der Waals surface area contributed by atoms with Crippen LogP contribution in [0.3, 0.4) is 0 Å². The molecule has 0 aliphatic heterocycles. The zero-order valence-electron chi connectivity index (χ0n) is 12.9. The molecule has 6 nitrogen and oxygen atoms in total. The Bertz CT molecular complexity index is 656. The van der Waals surface area contributed by atoms with Gasteiger partial charge in [0.25, 0.3) is 11.6 Å². The number of aromatic nitrogens is 2. The van der Waals surface area contributed by atoms with Crippen molar-refractivity contribution >= 4 is 34.6 Å². The van der Waals surface area contributed by atoms with Gasteiger partial charge in [-0.15, -0.1) is 5.10 Å². The molecule has 0 amide bonds. The fourth-order valence-corrected chi connectivity index (χ4v) is 2.14. The minimum atomic E-state index is -2.71. The highest BCUT2D eigenvalue weighted by Crippen LogP contribution is 2.26. The van der Waals surface area contributed by atoms with Gasteiger partial charge in [-0.3, -0.25) is 0 Å². The van der Waals surface area contributed by atoms with Gasteiger partial charge in [0.15, 0.2) is 11.6 Å². The van der Waals surface area contributed by atoms with Crippen LogP contribution >= 0.6 is 22.9 Å². The Hall–Kier alpha value is -2.00. The van der Waals surface area contributed by atoms with Crippen LogP contribution < -0.4 is 10.1 Å². The van der Waals surface area contributed by atoms with Crippen LogP contribution in [0.5, 0.6) is 5.19 Å². The van der Waals surface area contributed by atoms with Crippen molar-refractivity contribution in [2.24, 2.45) is 0 Å². The lowest BCUT2D eigenvalue weighted by Crippen LogP contribution is -2.09. The van der Waals surface area contributed by atoms with Gasteiger partial charge in [-0.25, -0.2) is 13.6 Å². The summed E-state index contributed by atoms with van der Waals surface area (Å²) in [5.41, 5.74) is 1.08. The zero-order chi connectivity index (χ0) is 18.1. The minimum absolute atomic E-state index is 0.169. The molecular weight excluding hydrogens is 364 g/mol. The second-order valence-corrected chi connectivity index (χ2v) is 6.11. The van der Waals surface area contributed by atoms with Crippen LogP contribution in [0, 0.1) is 0 Å². The molecule has 1 heterocycles. The molecular formula is C14H16ClF2N3O3S. The number of halogens is 3. The smallest absolute Gasteiger partial charge is 0.341 e. The Morgan fingerprint density at radius 3 is 2.62 bits per heavy atom. The average Bonchev–Trinajstić information content (AvgIpc) is 2.94. The van der Waals surface area contributed by atoms with Crippen molar-refractivity contribution in [1.82, 2.24) is 10.2 Å². The number of hydrogen-bond donors (Lipinski definition) is 2. The number of carboxylic acids is 1. The van der Waals surface area contributed by atoms with E-state index in [4.69, 9.17) is 16.7 Å². The highest BCUT2D eigenvalue weighted by atomic mass is 35.5. The van der Waals surface area contributed by atoms with Gasteiger partial charge in [-0.1, -0.05) is 34.1 Å². The summed E-state index contributed by atoms with van der Waals surface area (Å²) in [7, 11) is 0. The van der Waals surface area contributed by atoms with Gasteiger partial charge in [-0.2, -0.15) is 0 Å². The van der Waals surface area contributed by atoms with E-state index >= 15 is 0 Å². The lowest BCUT2D eigenvalue weighted by atomic mass is 10.3. The summed E-state index contributed by atoms with van der Waals surface area (Å²) in [6.07, 6.45) is -2.71. The van der Waals surface area contributed by atoms with Crippen molar-refractivity contribution in [1.29, 1.82) is 0 Å². The second kappa shape index (κ2) is 9.99. The molecule has 0 unspecified atom stereocenters. The van der Waals surface area contributed by atoms with Gasteiger partial charge in [0.1, 0.15) is 0 Å². The number of aliphatic carboxylic acids is 1. The fraction of sp³-hybridized carbons (Fsp3) is 0.357. The Morgan fingerprint density at radius 2 is 2.12 bits per heavy atom. The van der Waals surface area contributed by atoms with Crippen molar-refractivity contribution in [2.45, 2.75) is 26.3 Å². The van der Waals surface area contributed by atoms with Crippen LogP contribution in [0.2, 0.25) is 5.02 Å². The standard InChI is InChI=1S/C9H12ClN.C5H4F2N2O3S/c1-7(2)11-9-5-3-4-8(10)6-9;6-3(7)4-8-9-5(13-4)12-1-2(10)11/h3-7,11H,1-2H3;3H,1H2,(H,10,11). The number of ether oxygens (including phenoxy) is 1. The van der Waals surface area contributed by atoms with E-state index in [2.05, 4.69) is 34.1 Å². The van der Waals surface area contributed by atoms with Crippen molar-refractivity contribution in [2.75, 3.05) is 11.9 Å². The highest BCUT2D eigenvalue weighted by molar-refractivity contribution is 7.13. The molecule has 2 N–H and O–H groups in total. The first kappa shape index (κ1) is 20.0. The molecule has 0 spiro atoms. The quantitative estimate of drug-likeness (QED) is 0.786. The lowest BCUT2D eigenvalue weighted by molar-refractivity contribution is -0.139. The number of carboxylic acid groups (broad SMARTS) is 1. The van der Waals surface area contributed by atoms with Crippen LogP contribution in [-0.2, 0) is 4.79 Å². The normalized spacial score (nSPS) is 10.3. The van der Waals surface area contributed by atoms with E-state index in [0.717, 1.165) is 10.7 Å². The van der Waals surface area contributed by atoms with Crippen LogP contribution in [0.25, 0.3) is 0 Å². The van der Waals surface area contributed by atoms with Gasteiger partial charge < -0.3 is 15.2 Å². The molecule has 0 aliphatic rings. The molecule has 2 rings (SSSR count). The molecule has 0 radical (unpaired) electrons. The molecule has 0 saturated heterocycles. The van der Waals surface area contributed by atoms with Crippen molar-refractivity contribution in [3.05, 3.63) is 34.3 Å². The van der Waals surface area contributed by atoms with E-state index in [-0.39, 0.29) is 5.19 Å². The monoisotopic (exact) mass is 379 g/mol. The number of anilines is 1. The third kappa shape index (κ3) is 8.02. The summed E-state index contributed by atoms with van der Waals surface area (Å²) < 4.78 is 28.3. The summed E-state index contributed by atoms with van der Waals surface area (Å²) in [5, 5.41) is 17.9. The topological polar surface area (TPSA) is 84.3 Å². The highest BCUT2D eigenvalue weighted by Gasteiger charge is 2.14. The number of rotatable bonds is 6. The van der Waals surface area contributed by atoms with Crippen LogP contribution in [-0.4, -0.2) is 33.9 Å². The molecule has 10 heteroatoms. The molecule has 1 aromatic carbocycles. The summed E-state index contributed by atoms with van der Waals surface area (Å²) in [6, 6.07) is 8.18. The minimum Gasteiger partial charge on any atom is -0.479 e. The third-order valence-corrected chi connectivity index (χ3v) is 3.29. The summed E-state index contributed by atoms with van der Waals surface area (Å²) in [5.74, 6) is -1.20. The Balaban J connectivity index is 0.000000243. The lowest BCUT2D eigenvalue weighted by Gasteiger charge is -2.09. The molecule has 1 aromatic heterocycles. The fourth-order valence-electron chi connectivity index (χ4n) is 1.40. The molecule has 0 bridgehead atoms. The molecule has 0 atom stereocenters. The molecule has 24 heavy (non-hydrogen) atoms. The van der Waals surface area contributed by atoms with E-state index in [0.29, 0.717) is 17.4 Å². The van der Waals surface area contributed by atoms with E-state index in [1.54, 1.807) is 0 Å². The molecule has 2 aromatic rings. The third-order valence-electron chi connectivity index (χ3n) is 2.21. The van der Waals surface area contributed by atoms with Gasteiger partial charge in [0.05, 0.1) is 0 Å². The van der Waals surface area contributed by atoms with Crippen molar-refractivity contribution in [3.8, 4) is 5.19 Å². The Kier molecular flexibility index (Phi) is 8.34. The van der Waals surface area contributed by atoms with Gasteiger partial charge in [0, 0.05) is 16.8 Å². The average molecular weight is 380 g/mol. The molecule has 0 aliphatic carbocycles. The Labute approximate surface area is 146 Å². The number of benzene rings is 1. The summed E-state index contributed by atoms with van der Waals surface area (Å²) >= 11 is 6.31. The maximum atomic E-state index is 11.9. The van der Waals surface area contributed by atoms with Gasteiger partial charge in [0.2, 0.25) is 0 Å². The maximum absolute atomic E-state index is 11.9. The van der Waals surface area contributed by atoms with Gasteiger partial charge >= 0.3 is 5.97 Å². The number of nitrogens with zero attached hydrogens (tertiary/aromatic N) is 2. The predicted octanol–water partition coefficient (Wildman–Crippen LogP) is 4.10. The van der Waals surface area contributed by atoms with Crippen LogP contribution in [0.15, 0.2) is 24.3 Å². The number of alkyl halides is 2. The summed E-state index contributed by atoms with van der Waals surface area (Å²) in [4.78, 5) is 10.00. The van der Waals surface area contributed by atoms with E-state index in [1.807, 2.05) is 24.3 Å². The van der Waals surface area contributed by atoms with Crippen LogP contribution in [0.4, 0.5) is 14.5 Å². The van der Waals surface area contributed by atoms with Gasteiger partial charge in [-0.05, 0) is 32.0 Å². The SMILES string of the molecule is CC(C)Nc1cccc(Cl)c1.O=C(O)COc1nnc(C(F)F)s1. The zero-order valence-corrected chi connectivity index (χ0v) is 14.4. The first-order chi connectivity index (χ1) is 11.3.